The van der Waals surface area contributed by atoms with Crippen molar-refractivity contribution in [2.75, 3.05) is 14.2 Å². The lowest BCUT2D eigenvalue weighted by Crippen LogP contribution is -2.21. The average Bonchev–Trinajstić information content (AvgIpc) is 3.17. The smallest absolute Gasteiger partial charge is 0.435 e. The first kappa shape index (κ1) is 22.7. The summed E-state index contributed by atoms with van der Waals surface area (Å²) >= 11 is 6.19. The molecule has 0 atom stereocenters. The Morgan fingerprint density at radius 3 is 2.30 bits per heavy atom. The third-order valence-corrected chi connectivity index (χ3v) is 5.26. The Kier molecular flexibility index (Phi) is 5.79. The highest BCUT2D eigenvalue weighted by Crippen LogP contribution is 2.38. The molecule has 7 nitrogen and oxygen atoms in total. The van der Waals surface area contributed by atoms with E-state index in [4.69, 9.17) is 21.1 Å². The highest BCUT2D eigenvalue weighted by atomic mass is 35.5. The van der Waals surface area contributed by atoms with Crippen molar-refractivity contribution in [2.45, 2.75) is 12.7 Å². The summed E-state index contributed by atoms with van der Waals surface area (Å²) in [5.74, 6) is 1.10. The van der Waals surface area contributed by atoms with Crippen molar-refractivity contribution in [3.63, 3.8) is 0 Å². The molecule has 0 aliphatic rings. The van der Waals surface area contributed by atoms with Crippen LogP contribution in [0.3, 0.4) is 0 Å². The Hall–Kier alpha value is -3.53. The maximum Gasteiger partial charge on any atom is 0.435 e. The Morgan fingerprint density at radius 2 is 1.70 bits per heavy atom. The molecule has 0 aliphatic heterocycles. The van der Waals surface area contributed by atoms with Crippen LogP contribution in [0.4, 0.5) is 13.2 Å². The molecule has 11 heteroatoms. The summed E-state index contributed by atoms with van der Waals surface area (Å²) in [5, 5.41) is 3.73. The van der Waals surface area contributed by atoms with Gasteiger partial charge in [-0.3, -0.25) is 14.0 Å². The van der Waals surface area contributed by atoms with Gasteiger partial charge in [0.15, 0.2) is 5.69 Å². The largest absolute Gasteiger partial charge is 0.497 e. The van der Waals surface area contributed by atoms with Gasteiger partial charge in [-0.25, -0.2) is 4.98 Å². The quantitative estimate of drug-likeness (QED) is 0.421. The topological polar surface area (TPSA) is 71.2 Å². The van der Waals surface area contributed by atoms with E-state index in [9.17, 15) is 18.0 Å². The van der Waals surface area contributed by atoms with Crippen LogP contribution in [0.1, 0.15) is 11.3 Å². The SMILES string of the molecule is COc1cc(Cn2cnc3c(-c4cn(C)nc4C(F)(F)F)cc(Cl)cc3c2=O)cc(OC)c1. The Labute approximate surface area is 190 Å². The minimum absolute atomic E-state index is 0.0743. The molecule has 0 bridgehead atoms. The summed E-state index contributed by atoms with van der Waals surface area (Å²) in [6, 6.07) is 7.92. The van der Waals surface area contributed by atoms with Gasteiger partial charge < -0.3 is 9.47 Å². The van der Waals surface area contributed by atoms with E-state index in [0.717, 1.165) is 4.68 Å². The molecule has 0 N–H and O–H groups in total. The number of rotatable bonds is 5. The third kappa shape index (κ3) is 4.38. The summed E-state index contributed by atoms with van der Waals surface area (Å²) in [6.45, 7) is 0.137. The van der Waals surface area contributed by atoms with Gasteiger partial charge in [0.25, 0.3) is 5.56 Å². The first-order valence-electron chi connectivity index (χ1n) is 9.62. The lowest BCUT2D eigenvalue weighted by molar-refractivity contribution is -0.140. The van der Waals surface area contributed by atoms with Gasteiger partial charge >= 0.3 is 6.18 Å². The number of alkyl halides is 3. The van der Waals surface area contributed by atoms with Crippen molar-refractivity contribution in [2.24, 2.45) is 7.05 Å². The molecule has 0 saturated heterocycles. The zero-order valence-electron chi connectivity index (χ0n) is 17.8. The monoisotopic (exact) mass is 478 g/mol. The normalized spacial score (nSPS) is 11.7. The highest BCUT2D eigenvalue weighted by Gasteiger charge is 2.38. The van der Waals surface area contributed by atoms with Crippen LogP contribution in [0.15, 0.2) is 47.7 Å². The maximum atomic E-state index is 13.5. The fourth-order valence-corrected chi connectivity index (χ4v) is 3.82. The van der Waals surface area contributed by atoms with Gasteiger partial charge in [0.1, 0.15) is 11.5 Å². The van der Waals surface area contributed by atoms with Crippen LogP contribution in [-0.4, -0.2) is 33.6 Å². The molecular weight excluding hydrogens is 461 g/mol. The van der Waals surface area contributed by atoms with Crippen LogP contribution < -0.4 is 15.0 Å². The first-order valence-corrected chi connectivity index (χ1v) is 10.0. The predicted molar refractivity (Wildman–Crippen MR) is 117 cm³/mol. The fourth-order valence-electron chi connectivity index (χ4n) is 3.60. The molecule has 0 unspecified atom stereocenters. The minimum Gasteiger partial charge on any atom is -0.497 e. The predicted octanol–water partition coefficient (Wildman–Crippen LogP) is 4.53. The summed E-state index contributed by atoms with van der Waals surface area (Å²) < 4.78 is 53.5. The minimum atomic E-state index is -4.69. The number of aryl methyl sites for hydroxylation is 1. The summed E-state index contributed by atoms with van der Waals surface area (Å²) in [7, 11) is 4.41. The molecule has 4 aromatic rings. The van der Waals surface area contributed by atoms with Gasteiger partial charge in [0.2, 0.25) is 0 Å². The Balaban J connectivity index is 1.87. The van der Waals surface area contributed by atoms with E-state index >= 15 is 0 Å². The van der Waals surface area contributed by atoms with E-state index < -0.39 is 17.4 Å². The van der Waals surface area contributed by atoms with Crippen molar-refractivity contribution in [3.8, 4) is 22.6 Å². The number of benzene rings is 2. The number of hydrogen-bond donors (Lipinski definition) is 0. The van der Waals surface area contributed by atoms with E-state index in [1.54, 1.807) is 18.2 Å². The summed E-state index contributed by atoms with van der Waals surface area (Å²) in [5.41, 5.74) is -0.860. The summed E-state index contributed by atoms with van der Waals surface area (Å²) in [6.07, 6.45) is -2.17. The van der Waals surface area contributed by atoms with Crippen molar-refractivity contribution in [3.05, 3.63) is 69.5 Å². The number of nitrogens with zero attached hydrogens (tertiary/aromatic N) is 4. The third-order valence-electron chi connectivity index (χ3n) is 5.04. The van der Waals surface area contributed by atoms with Crippen LogP contribution >= 0.6 is 11.6 Å². The standard InChI is InChI=1S/C22H18ClF3N4O3/c1-29-10-18(20(28-29)22(24,25)26)16-6-13(23)7-17-19(16)27-11-30(21(17)31)9-12-4-14(32-2)8-15(5-12)33-3/h4-8,10-11H,9H2,1-3H3. The molecule has 33 heavy (non-hydrogen) atoms. The van der Waals surface area contributed by atoms with Crippen LogP contribution in [0, 0.1) is 0 Å². The number of fused-ring (bicyclic) bond motifs is 1. The van der Waals surface area contributed by atoms with Crippen LogP contribution in [0.25, 0.3) is 22.0 Å². The van der Waals surface area contributed by atoms with Gasteiger partial charge in [-0.15, -0.1) is 0 Å². The Morgan fingerprint density at radius 1 is 1.03 bits per heavy atom. The molecule has 0 fully saturated rings. The number of hydrogen-bond acceptors (Lipinski definition) is 5. The highest BCUT2D eigenvalue weighted by molar-refractivity contribution is 6.31. The number of ether oxygens (including phenoxy) is 2. The molecule has 172 valence electrons. The molecule has 2 aromatic carbocycles. The molecule has 0 aliphatic carbocycles. The van der Waals surface area contributed by atoms with E-state index in [1.165, 1.54) is 50.5 Å². The summed E-state index contributed by atoms with van der Waals surface area (Å²) in [4.78, 5) is 17.5. The molecule has 2 heterocycles. The van der Waals surface area contributed by atoms with Crippen molar-refractivity contribution in [1.82, 2.24) is 19.3 Å². The lowest BCUT2D eigenvalue weighted by atomic mass is 10.0. The molecular formula is C22H18ClF3N4O3. The van der Waals surface area contributed by atoms with Gasteiger partial charge in [0.05, 0.1) is 38.0 Å². The van der Waals surface area contributed by atoms with Crippen molar-refractivity contribution < 1.29 is 22.6 Å². The zero-order valence-corrected chi connectivity index (χ0v) is 18.5. The second-order valence-electron chi connectivity index (χ2n) is 7.31. The molecule has 2 aromatic heterocycles. The second kappa shape index (κ2) is 8.43. The van der Waals surface area contributed by atoms with Crippen molar-refractivity contribution >= 4 is 22.5 Å². The van der Waals surface area contributed by atoms with Gasteiger partial charge in [-0.2, -0.15) is 18.3 Å². The zero-order chi connectivity index (χ0) is 23.9. The van der Waals surface area contributed by atoms with Crippen LogP contribution in [0.2, 0.25) is 5.02 Å². The molecule has 0 spiro atoms. The van der Waals surface area contributed by atoms with E-state index in [-0.39, 0.29) is 33.6 Å². The number of aromatic nitrogens is 4. The van der Waals surface area contributed by atoms with Crippen LogP contribution in [-0.2, 0) is 19.8 Å². The fraction of sp³-hybridized carbons (Fsp3) is 0.227. The van der Waals surface area contributed by atoms with Crippen molar-refractivity contribution in [1.29, 1.82) is 0 Å². The van der Waals surface area contributed by atoms with E-state index in [0.29, 0.717) is 17.1 Å². The van der Waals surface area contributed by atoms with Gasteiger partial charge in [0, 0.05) is 35.5 Å². The van der Waals surface area contributed by atoms with Gasteiger partial charge in [-0.05, 0) is 29.8 Å². The van der Waals surface area contributed by atoms with E-state index in [2.05, 4.69) is 10.1 Å². The molecule has 0 saturated carbocycles. The number of halogens is 4. The van der Waals surface area contributed by atoms with Crippen LogP contribution in [0.5, 0.6) is 11.5 Å². The lowest BCUT2D eigenvalue weighted by Gasteiger charge is -2.12. The average molecular weight is 479 g/mol. The van der Waals surface area contributed by atoms with E-state index in [1.807, 2.05) is 0 Å². The first-order chi connectivity index (χ1) is 15.6. The number of methoxy groups -OCH3 is 2. The second-order valence-corrected chi connectivity index (χ2v) is 7.75. The van der Waals surface area contributed by atoms with Gasteiger partial charge in [-0.1, -0.05) is 11.6 Å². The molecule has 4 rings (SSSR count). The Bertz CT molecular complexity index is 1390. The maximum absolute atomic E-state index is 13.5. The molecule has 0 radical (unpaired) electrons. The molecule has 0 amide bonds.